The number of aromatic nitrogens is 3. The number of ether oxygens (including phenoxy) is 1. The van der Waals surface area contributed by atoms with E-state index in [1.807, 2.05) is 42.6 Å². The second kappa shape index (κ2) is 9.77. The van der Waals surface area contributed by atoms with Crippen molar-refractivity contribution in [3.05, 3.63) is 108 Å². The van der Waals surface area contributed by atoms with Gasteiger partial charge in [-0.3, -0.25) is 4.57 Å². The minimum atomic E-state index is -0.139. The van der Waals surface area contributed by atoms with Crippen molar-refractivity contribution in [3.63, 3.8) is 0 Å². The summed E-state index contributed by atoms with van der Waals surface area (Å²) < 4.78 is 8.67. The Labute approximate surface area is 241 Å². The fourth-order valence-corrected chi connectivity index (χ4v) is 5.21. The average molecular weight is 542 g/mol. The molecular formula is C36H35N3O2. The summed E-state index contributed by atoms with van der Waals surface area (Å²) in [5.74, 6) is 2.21. The van der Waals surface area contributed by atoms with Crippen molar-refractivity contribution in [1.29, 1.82) is 0 Å². The van der Waals surface area contributed by atoms with Crippen molar-refractivity contribution in [2.24, 2.45) is 0 Å². The number of phenols is 1. The van der Waals surface area contributed by atoms with Gasteiger partial charge < -0.3 is 9.84 Å². The van der Waals surface area contributed by atoms with E-state index in [-0.39, 0.29) is 16.6 Å². The number of hydrogen-bond acceptors (Lipinski definition) is 4. The quantitative estimate of drug-likeness (QED) is 0.242. The molecule has 1 N–H and O–H groups in total. The molecule has 206 valence electrons. The van der Waals surface area contributed by atoms with E-state index in [0.29, 0.717) is 22.9 Å². The van der Waals surface area contributed by atoms with Crippen LogP contribution >= 0.6 is 0 Å². The Balaban J connectivity index is 1.50. The molecule has 5 heteroatoms. The average Bonchev–Trinajstić information content (AvgIpc) is 3.26. The molecule has 0 fully saturated rings. The van der Waals surface area contributed by atoms with E-state index in [0.717, 1.165) is 33.2 Å². The highest BCUT2D eigenvalue weighted by Crippen LogP contribution is 2.38. The number of fused-ring (bicyclic) bond motifs is 3. The Kier molecular flexibility index (Phi) is 6.33. The largest absolute Gasteiger partial charge is 0.507 e. The fraction of sp³-hybridized carbons (Fsp3) is 0.222. The molecule has 0 radical (unpaired) electrons. The van der Waals surface area contributed by atoms with E-state index in [1.165, 1.54) is 5.56 Å². The molecule has 0 atom stereocenters. The maximum atomic E-state index is 10.5. The maximum absolute atomic E-state index is 10.5. The molecule has 6 aromatic rings. The number of pyridine rings is 2. The number of benzene rings is 3. The lowest BCUT2D eigenvalue weighted by Gasteiger charge is -2.21. The van der Waals surface area contributed by atoms with Crippen LogP contribution in [-0.4, -0.2) is 19.6 Å². The van der Waals surface area contributed by atoms with Gasteiger partial charge in [-0.25, -0.2) is 9.97 Å². The first-order valence-corrected chi connectivity index (χ1v) is 14.0. The van der Waals surface area contributed by atoms with Gasteiger partial charge in [0, 0.05) is 34.7 Å². The van der Waals surface area contributed by atoms with Crippen molar-refractivity contribution in [2.75, 3.05) is 0 Å². The third-order valence-electron chi connectivity index (χ3n) is 7.56. The van der Waals surface area contributed by atoms with Crippen molar-refractivity contribution >= 4 is 21.8 Å². The molecule has 0 amide bonds. The van der Waals surface area contributed by atoms with Crippen LogP contribution in [0.5, 0.6) is 17.4 Å². The summed E-state index contributed by atoms with van der Waals surface area (Å²) >= 11 is 0. The minimum Gasteiger partial charge on any atom is -0.507 e. The van der Waals surface area contributed by atoms with Crippen LogP contribution in [0, 0.1) is 0 Å². The molecule has 41 heavy (non-hydrogen) atoms. The topological polar surface area (TPSA) is 60.2 Å². The predicted molar refractivity (Wildman–Crippen MR) is 167 cm³/mol. The van der Waals surface area contributed by atoms with Gasteiger partial charge in [0.25, 0.3) is 0 Å². The van der Waals surface area contributed by atoms with Crippen LogP contribution in [0.15, 0.2) is 97.2 Å². The first-order valence-electron chi connectivity index (χ1n) is 14.0. The van der Waals surface area contributed by atoms with Crippen LogP contribution < -0.4 is 4.74 Å². The van der Waals surface area contributed by atoms with E-state index in [2.05, 4.69) is 94.6 Å². The molecule has 0 saturated carbocycles. The molecule has 3 heterocycles. The lowest BCUT2D eigenvalue weighted by Crippen LogP contribution is -2.12. The third kappa shape index (κ3) is 5.04. The first kappa shape index (κ1) is 26.6. The standard InChI is InChI=1S/C36H35N3O2/c1-35(2,3)23-17-18-37-33(20-23)39-30-13-9-7-11-26(30)27-16-15-25(22-31(27)39)41-34-21-24(36(4,5)6)19-29(38-34)28-12-8-10-14-32(28)40/h7-22,40H,1-6H3. The van der Waals surface area contributed by atoms with Gasteiger partial charge in [-0.2, -0.15) is 0 Å². The second-order valence-corrected chi connectivity index (χ2v) is 12.6. The Bertz CT molecular complexity index is 1910. The number of aromatic hydroxyl groups is 1. The monoisotopic (exact) mass is 541 g/mol. The summed E-state index contributed by atoms with van der Waals surface area (Å²) in [5, 5.41) is 12.8. The molecule has 0 aliphatic rings. The van der Waals surface area contributed by atoms with Crippen LogP contribution in [0.4, 0.5) is 0 Å². The van der Waals surface area contributed by atoms with E-state index in [4.69, 9.17) is 14.7 Å². The Morgan fingerprint density at radius 1 is 0.683 bits per heavy atom. The molecule has 5 nitrogen and oxygen atoms in total. The fourth-order valence-electron chi connectivity index (χ4n) is 5.21. The van der Waals surface area contributed by atoms with Crippen molar-refractivity contribution < 1.29 is 9.84 Å². The van der Waals surface area contributed by atoms with Gasteiger partial charge in [0.2, 0.25) is 5.88 Å². The molecule has 0 aliphatic heterocycles. The molecule has 0 aliphatic carbocycles. The van der Waals surface area contributed by atoms with Gasteiger partial charge >= 0.3 is 0 Å². The normalized spacial score (nSPS) is 12.2. The Morgan fingerprint density at radius 2 is 1.39 bits per heavy atom. The van der Waals surface area contributed by atoms with Crippen molar-refractivity contribution in [3.8, 4) is 34.5 Å². The van der Waals surface area contributed by atoms with Gasteiger partial charge in [0.05, 0.1) is 16.7 Å². The zero-order valence-corrected chi connectivity index (χ0v) is 24.4. The summed E-state index contributed by atoms with van der Waals surface area (Å²) in [7, 11) is 0. The van der Waals surface area contributed by atoms with E-state index >= 15 is 0 Å². The first-order chi connectivity index (χ1) is 19.5. The molecule has 0 unspecified atom stereocenters. The zero-order valence-electron chi connectivity index (χ0n) is 24.4. The molecular weight excluding hydrogens is 506 g/mol. The van der Waals surface area contributed by atoms with Crippen molar-refractivity contribution in [2.45, 2.75) is 52.4 Å². The predicted octanol–water partition coefficient (Wildman–Crippen LogP) is 9.33. The van der Waals surface area contributed by atoms with Crippen LogP contribution in [-0.2, 0) is 10.8 Å². The molecule has 3 aromatic carbocycles. The number of hydrogen-bond donors (Lipinski definition) is 1. The van der Waals surface area contributed by atoms with E-state index in [1.54, 1.807) is 6.07 Å². The number of nitrogens with zero attached hydrogens (tertiary/aromatic N) is 3. The summed E-state index contributed by atoms with van der Waals surface area (Å²) in [6.07, 6.45) is 1.89. The van der Waals surface area contributed by atoms with Gasteiger partial charge in [-0.1, -0.05) is 71.9 Å². The van der Waals surface area contributed by atoms with Crippen LogP contribution in [0.25, 0.3) is 38.9 Å². The summed E-state index contributed by atoms with van der Waals surface area (Å²) in [5.41, 5.74) is 5.59. The smallest absolute Gasteiger partial charge is 0.220 e. The number of rotatable bonds is 4. The van der Waals surface area contributed by atoms with Crippen molar-refractivity contribution in [1.82, 2.24) is 14.5 Å². The van der Waals surface area contributed by atoms with Gasteiger partial charge in [-0.15, -0.1) is 0 Å². The summed E-state index contributed by atoms with van der Waals surface area (Å²) in [6.45, 7) is 13.1. The lowest BCUT2D eigenvalue weighted by atomic mass is 9.86. The molecule has 0 saturated heterocycles. The van der Waals surface area contributed by atoms with Crippen LogP contribution in [0.2, 0.25) is 0 Å². The summed E-state index contributed by atoms with van der Waals surface area (Å²) in [4.78, 5) is 9.60. The highest BCUT2D eigenvalue weighted by atomic mass is 16.5. The molecule has 0 bridgehead atoms. The van der Waals surface area contributed by atoms with E-state index in [9.17, 15) is 5.11 Å². The van der Waals surface area contributed by atoms with Gasteiger partial charge in [-0.05, 0) is 70.5 Å². The minimum absolute atomic E-state index is 0.000638. The Morgan fingerprint density at radius 3 is 2.15 bits per heavy atom. The number of para-hydroxylation sites is 2. The number of phenolic OH excluding ortho intramolecular Hbond substituents is 1. The lowest BCUT2D eigenvalue weighted by molar-refractivity contribution is 0.459. The zero-order chi connectivity index (χ0) is 28.9. The highest BCUT2D eigenvalue weighted by molar-refractivity contribution is 6.09. The third-order valence-corrected chi connectivity index (χ3v) is 7.56. The molecule has 6 rings (SSSR count). The second-order valence-electron chi connectivity index (χ2n) is 12.6. The molecule has 0 spiro atoms. The van der Waals surface area contributed by atoms with E-state index < -0.39 is 0 Å². The maximum Gasteiger partial charge on any atom is 0.220 e. The summed E-state index contributed by atoms with van der Waals surface area (Å²) in [6, 6.07) is 30.1. The van der Waals surface area contributed by atoms with Gasteiger partial charge in [0.15, 0.2) is 0 Å². The SMILES string of the molecule is CC(C)(C)c1cc(Oc2ccc3c4ccccc4n(-c4cc(C(C)(C)C)ccn4)c3c2)nc(-c2ccccc2O)c1. The Hall–Kier alpha value is -4.64. The van der Waals surface area contributed by atoms with Crippen LogP contribution in [0.1, 0.15) is 52.7 Å². The molecule has 3 aromatic heterocycles. The highest BCUT2D eigenvalue weighted by Gasteiger charge is 2.20. The van der Waals surface area contributed by atoms with Gasteiger partial charge in [0.1, 0.15) is 17.3 Å². The van der Waals surface area contributed by atoms with Crippen LogP contribution in [0.3, 0.4) is 0 Å².